The fourth-order valence-electron chi connectivity index (χ4n) is 3.95. The predicted octanol–water partition coefficient (Wildman–Crippen LogP) is 3.77. The maximum absolute atomic E-state index is 13.0. The number of nitrogens with one attached hydrogen (secondary N) is 4. The zero-order chi connectivity index (χ0) is 30.3. The number of benzene rings is 2. The van der Waals surface area contributed by atoms with Crippen LogP contribution in [0.5, 0.6) is 0 Å². The summed E-state index contributed by atoms with van der Waals surface area (Å²) in [7, 11) is -4.23. The molecule has 4 aromatic rings. The number of carbonyl (C=O) groups excluding carboxylic acids is 2. The van der Waals surface area contributed by atoms with E-state index in [-0.39, 0.29) is 34.0 Å². The minimum Gasteiger partial charge on any atom is -0.480 e. The second-order valence-electron chi connectivity index (χ2n) is 9.20. The number of aliphatic carboxylic acids is 1. The third kappa shape index (κ3) is 8.19. The molecule has 2 heterocycles. The first-order chi connectivity index (χ1) is 20.0. The lowest BCUT2D eigenvalue weighted by atomic mass is 10.0. The average molecular weight is 609 g/mol. The Balaban J connectivity index is 1.40. The third-order valence-electron chi connectivity index (χ3n) is 5.88. The molecule has 0 radical (unpaired) electrons. The van der Waals surface area contributed by atoms with E-state index < -0.39 is 27.9 Å². The molecule has 0 spiro atoms. The second kappa shape index (κ2) is 13.3. The summed E-state index contributed by atoms with van der Waals surface area (Å²) in [5, 5.41) is 17.8. The minimum absolute atomic E-state index is 0.104. The molecule has 4 rings (SSSR count). The normalized spacial score (nSPS) is 11.9. The quantitative estimate of drug-likeness (QED) is 0.171. The number of pyridine rings is 1. The Morgan fingerprint density at radius 1 is 0.976 bits per heavy atom. The van der Waals surface area contributed by atoms with Crippen LogP contribution in [0.2, 0.25) is 0 Å². The molecule has 2 aromatic heterocycles. The van der Waals surface area contributed by atoms with Gasteiger partial charge in [-0.2, -0.15) is 4.72 Å². The second-order valence-corrected chi connectivity index (χ2v) is 12.1. The average Bonchev–Trinajstić information content (AvgIpc) is 3.32. The van der Waals surface area contributed by atoms with Crippen molar-refractivity contribution in [3.8, 4) is 11.1 Å². The number of hydrogen-bond donors (Lipinski definition) is 5. The maximum Gasteiger partial charge on any atom is 0.322 e. The van der Waals surface area contributed by atoms with Crippen LogP contribution in [0.4, 0.5) is 15.6 Å². The molecule has 218 valence electrons. The Bertz CT molecular complexity index is 1690. The van der Waals surface area contributed by atoms with Crippen LogP contribution >= 0.6 is 11.3 Å². The molecule has 1 atom stereocenters. The highest BCUT2D eigenvalue weighted by Gasteiger charge is 2.29. The molecule has 0 aliphatic carbocycles. The van der Waals surface area contributed by atoms with Gasteiger partial charge in [-0.1, -0.05) is 53.8 Å². The SMILES string of the molecule is CC(=O)Nc1nc(C)c(S(=O)(=O)N[C@@H](Cc2ccc(-c3cccc(NC(=O)NCc4ccccn4)c3)cc2)C(=O)O)s1. The molecule has 0 aliphatic rings. The predicted molar refractivity (Wildman–Crippen MR) is 159 cm³/mol. The Morgan fingerprint density at radius 3 is 2.40 bits per heavy atom. The molecule has 2 aromatic carbocycles. The van der Waals surface area contributed by atoms with Crippen molar-refractivity contribution in [2.45, 2.75) is 37.1 Å². The van der Waals surface area contributed by atoms with Gasteiger partial charge in [0.25, 0.3) is 10.0 Å². The van der Waals surface area contributed by atoms with E-state index in [4.69, 9.17) is 0 Å². The monoisotopic (exact) mass is 608 g/mol. The number of carboxylic acid groups (broad SMARTS) is 1. The van der Waals surface area contributed by atoms with Crippen molar-refractivity contribution < 1.29 is 27.9 Å². The number of hydrogen-bond acceptors (Lipinski definition) is 8. The number of sulfonamides is 1. The van der Waals surface area contributed by atoms with E-state index in [1.54, 1.807) is 54.7 Å². The van der Waals surface area contributed by atoms with Crippen LogP contribution in [0.1, 0.15) is 23.9 Å². The van der Waals surface area contributed by atoms with Gasteiger partial charge >= 0.3 is 12.0 Å². The highest BCUT2D eigenvalue weighted by atomic mass is 32.2. The van der Waals surface area contributed by atoms with Crippen molar-refractivity contribution in [2.24, 2.45) is 0 Å². The van der Waals surface area contributed by atoms with E-state index in [0.29, 0.717) is 11.3 Å². The summed E-state index contributed by atoms with van der Waals surface area (Å²) in [4.78, 5) is 43.8. The van der Waals surface area contributed by atoms with Gasteiger partial charge in [0.1, 0.15) is 6.04 Å². The van der Waals surface area contributed by atoms with Gasteiger partial charge in [-0.15, -0.1) is 0 Å². The molecule has 0 fully saturated rings. The topological polar surface area (TPSA) is 179 Å². The fourth-order valence-corrected chi connectivity index (χ4v) is 6.62. The first-order valence-corrected chi connectivity index (χ1v) is 14.9. The highest BCUT2D eigenvalue weighted by molar-refractivity contribution is 7.91. The van der Waals surface area contributed by atoms with Crippen molar-refractivity contribution >= 4 is 50.1 Å². The molecule has 0 unspecified atom stereocenters. The zero-order valence-electron chi connectivity index (χ0n) is 22.6. The largest absolute Gasteiger partial charge is 0.480 e. The van der Waals surface area contributed by atoms with Gasteiger partial charge in [0, 0.05) is 18.8 Å². The number of amides is 3. The molecule has 0 aliphatic heterocycles. The molecule has 3 amide bonds. The van der Waals surface area contributed by atoms with Gasteiger partial charge in [-0.05, 0) is 54.3 Å². The van der Waals surface area contributed by atoms with Crippen LogP contribution in [0.3, 0.4) is 0 Å². The van der Waals surface area contributed by atoms with E-state index in [9.17, 15) is 27.9 Å². The van der Waals surface area contributed by atoms with Crippen molar-refractivity contribution in [2.75, 3.05) is 10.6 Å². The van der Waals surface area contributed by atoms with E-state index in [2.05, 4.69) is 30.6 Å². The van der Waals surface area contributed by atoms with E-state index in [1.807, 2.05) is 18.2 Å². The standard InChI is InChI=1S/C28H28N6O6S2/c1-17-26(41-28(31-17)32-18(2)35)42(39,40)34-24(25(36)37)14-19-9-11-20(12-10-19)21-6-5-8-22(15-21)33-27(38)30-16-23-7-3-4-13-29-23/h3-13,15,24,34H,14,16H2,1-2H3,(H,36,37)(H2,30,33,38)(H,31,32,35)/t24-/m0/s1. The van der Waals surface area contributed by atoms with Crippen LogP contribution in [0, 0.1) is 6.92 Å². The molecule has 14 heteroatoms. The summed E-state index contributed by atoms with van der Waals surface area (Å²) < 4.78 is 28.0. The molecule has 5 N–H and O–H groups in total. The van der Waals surface area contributed by atoms with Crippen molar-refractivity contribution in [1.82, 2.24) is 20.0 Å². The number of anilines is 2. The van der Waals surface area contributed by atoms with Crippen LogP contribution in [0.15, 0.2) is 77.1 Å². The van der Waals surface area contributed by atoms with Gasteiger partial charge in [0.05, 0.1) is 17.9 Å². The maximum atomic E-state index is 13.0. The first-order valence-electron chi connectivity index (χ1n) is 12.6. The van der Waals surface area contributed by atoms with E-state index >= 15 is 0 Å². The number of urea groups is 1. The van der Waals surface area contributed by atoms with Gasteiger partial charge in [0.15, 0.2) is 9.34 Å². The smallest absolute Gasteiger partial charge is 0.322 e. The summed E-state index contributed by atoms with van der Waals surface area (Å²) >= 11 is 0.741. The van der Waals surface area contributed by atoms with E-state index in [0.717, 1.165) is 28.2 Å². The molecule has 12 nitrogen and oxygen atoms in total. The Labute approximate surface area is 246 Å². The lowest BCUT2D eigenvalue weighted by molar-refractivity contribution is -0.138. The van der Waals surface area contributed by atoms with Crippen LogP contribution in [-0.4, -0.2) is 47.4 Å². The first kappa shape index (κ1) is 30.3. The number of carbonyl (C=O) groups is 3. The van der Waals surface area contributed by atoms with Crippen LogP contribution in [0.25, 0.3) is 11.1 Å². The summed E-state index contributed by atoms with van der Waals surface area (Å²) in [6.07, 6.45) is 1.54. The third-order valence-corrected chi connectivity index (χ3v) is 9.03. The van der Waals surface area contributed by atoms with Gasteiger partial charge in [0.2, 0.25) is 5.91 Å². The molecule has 0 saturated heterocycles. The summed E-state index contributed by atoms with van der Waals surface area (Å²) in [6, 6.07) is 17.9. The summed E-state index contributed by atoms with van der Waals surface area (Å²) in [5.41, 5.74) is 3.68. The van der Waals surface area contributed by atoms with Crippen molar-refractivity contribution in [3.63, 3.8) is 0 Å². The van der Waals surface area contributed by atoms with Crippen molar-refractivity contribution in [3.05, 3.63) is 89.9 Å². The highest BCUT2D eigenvalue weighted by Crippen LogP contribution is 2.28. The van der Waals surface area contributed by atoms with Gasteiger partial charge < -0.3 is 21.1 Å². The number of aromatic nitrogens is 2. The zero-order valence-corrected chi connectivity index (χ0v) is 24.3. The van der Waals surface area contributed by atoms with E-state index in [1.165, 1.54) is 13.8 Å². The summed E-state index contributed by atoms with van der Waals surface area (Å²) in [6.45, 7) is 3.01. The van der Waals surface area contributed by atoms with Crippen LogP contribution < -0.4 is 20.7 Å². The number of rotatable bonds is 11. The molecular formula is C28H28N6O6S2. The van der Waals surface area contributed by atoms with Crippen LogP contribution in [-0.2, 0) is 32.6 Å². The van der Waals surface area contributed by atoms with Gasteiger partial charge in [-0.25, -0.2) is 18.2 Å². The summed E-state index contributed by atoms with van der Waals surface area (Å²) in [5.74, 6) is -1.75. The number of carboxylic acids is 1. The van der Waals surface area contributed by atoms with Crippen molar-refractivity contribution in [1.29, 1.82) is 0 Å². The Kier molecular flexibility index (Phi) is 9.62. The van der Waals surface area contributed by atoms with Gasteiger partial charge in [-0.3, -0.25) is 14.6 Å². The fraction of sp³-hybridized carbons (Fsp3) is 0.179. The number of thiazole rings is 1. The lowest BCUT2D eigenvalue weighted by Gasteiger charge is -2.15. The Hall–Kier alpha value is -4.66. The molecular weight excluding hydrogens is 580 g/mol. The minimum atomic E-state index is -4.23. The molecule has 42 heavy (non-hydrogen) atoms. The molecule has 0 saturated carbocycles. The Morgan fingerprint density at radius 2 is 1.74 bits per heavy atom. The lowest BCUT2D eigenvalue weighted by Crippen LogP contribution is -2.42. The molecule has 0 bridgehead atoms. The number of nitrogens with zero attached hydrogens (tertiary/aromatic N) is 2. The number of aryl methyl sites for hydroxylation is 1.